The molecule has 2 aromatic heterocycles. The van der Waals surface area contributed by atoms with Gasteiger partial charge in [-0.2, -0.15) is 0 Å². The Morgan fingerprint density at radius 3 is 2.69 bits per heavy atom. The smallest absolute Gasteiger partial charge is 0.327 e. The molecule has 10 heteroatoms. The number of carbonyl (C=O) groups excluding carboxylic acids is 1. The third kappa shape index (κ3) is 4.86. The van der Waals surface area contributed by atoms with Crippen LogP contribution in [-0.2, 0) is 0 Å². The SMILES string of the molecule is CCN1C[C@H](NC(=O)N2CCC(n3c(=O)[nH]c4ncccc43)CC2)CC[C@H](c2cccc(F)c2F)C1. The average molecular weight is 499 g/mol. The maximum atomic E-state index is 14.4. The molecule has 0 bridgehead atoms. The molecule has 2 saturated heterocycles. The minimum atomic E-state index is -0.820. The lowest BCUT2D eigenvalue weighted by molar-refractivity contribution is 0.164. The molecular weight excluding hydrogens is 466 g/mol. The van der Waals surface area contributed by atoms with Gasteiger partial charge in [-0.3, -0.25) is 9.55 Å². The number of fused-ring (bicyclic) bond motifs is 1. The number of H-pyrrole nitrogens is 1. The highest BCUT2D eigenvalue weighted by Crippen LogP contribution is 2.30. The number of hydrogen-bond acceptors (Lipinski definition) is 4. The molecule has 2 fully saturated rings. The summed E-state index contributed by atoms with van der Waals surface area (Å²) in [6.07, 6.45) is 4.38. The van der Waals surface area contributed by atoms with E-state index in [1.807, 2.05) is 19.1 Å². The van der Waals surface area contributed by atoms with Crippen LogP contribution >= 0.6 is 0 Å². The Balaban J connectivity index is 1.20. The number of likely N-dealkylation sites (N-methyl/N-ethyl adjacent to an activating group) is 1. The van der Waals surface area contributed by atoms with E-state index in [0.29, 0.717) is 63.1 Å². The van der Waals surface area contributed by atoms with Crippen molar-refractivity contribution in [2.75, 3.05) is 32.7 Å². The first-order valence-corrected chi connectivity index (χ1v) is 12.7. The van der Waals surface area contributed by atoms with Crippen molar-refractivity contribution >= 4 is 17.2 Å². The normalized spacial score (nSPS) is 22.0. The second kappa shape index (κ2) is 10.4. The lowest BCUT2D eigenvalue weighted by Crippen LogP contribution is -2.50. The summed E-state index contributed by atoms with van der Waals surface area (Å²) < 4.78 is 30.0. The van der Waals surface area contributed by atoms with Gasteiger partial charge in [0.25, 0.3) is 0 Å². The van der Waals surface area contributed by atoms with Crippen LogP contribution in [0.1, 0.15) is 50.1 Å². The Kier molecular flexibility index (Phi) is 7.04. The molecule has 192 valence electrons. The summed E-state index contributed by atoms with van der Waals surface area (Å²) in [5.41, 5.74) is 1.60. The highest BCUT2D eigenvalue weighted by atomic mass is 19.2. The number of rotatable bonds is 4. The maximum absolute atomic E-state index is 14.4. The fraction of sp³-hybridized carbons (Fsp3) is 0.500. The minimum absolute atomic E-state index is 0.00915. The van der Waals surface area contributed by atoms with Crippen molar-refractivity contribution in [2.24, 2.45) is 0 Å². The molecule has 36 heavy (non-hydrogen) atoms. The van der Waals surface area contributed by atoms with Crippen LogP contribution < -0.4 is 11.0 Å². The molecule has 0 unspecified atom stereocenters. The fourth-order valence-corrected chi connectivity index (χ4v) is 5.66. The molecule has 8 nitrogen and oxygen atoms in total. The van der Waals surface area contributed by atoms with Crippen molar-refractivity contribution in [2.45, 2.75) is 50.6 Å². The van der Waals surface area contributed by atoms with Gasteiger partial charge in [-0.25, -0.2) is 23.4 Å². The number of urea groups is 1. The Morgan fingerprint density at radius 2 is 1.92 bits per heavy atom. The zero-order valence-electron chi connectivity index (χ0n) is 20.4. The summed E-state index contributed by atoms with van der Waals surface area (Å²) in [6.45, 7) is 5.21. The zero-order valence-corrected chi connectivity index (χ0v) is 20.4. The van der Waals surface area contributed by atoms with Gasteiger partial charge in [0.1, 0.15) is 0 Å². The lowest BCUT2D eigenvalue weighted by Gasteiger charge is -2.34. The predicted molar refractivity (Wildman–Crippen MR) is 133 cm³/mol. The molecule has 0 spiro atoms. The van der Waals surface area contributed by atoms with Crippen molar-refractivity contribution < 1.29 is 13.6 Å². The maximum Gasteiger partial charge on any atom is 0.327 e. The average Bonchev–Trinajstić information content (AvgIpc) is 3.08. The molecule has 2 aliphatic heterocycles. The Bertz CT molecular complexity index is 1280. The van der Waals surface area contributed by atoms with Crippen molar-refractivity contribution in [3.8, 4) is 0 Å². The van der Waals surface area contributed by atoms with Crippen LogP contribution in [0, 0.1) is 11.6 Å². The zero-order chi connectivity index (χ0) is 25.2. The molecule has 2 amide bonds. The number of piperidine rings is 1. The number of amides is 2. The van der Waals surface area contributed by atoms with Gasteiger partial charge < -0.3 is 15.1 Å². The van der Waals surface area contributed by atoms with Gasteiger partial charge >= 0.3 is 11.7 Å². The molecule has 2 aliphatic rings. The molecule has 0 radical (unpaired) electrons. The number of nitrogens with one attached hydrogen (secondary N) is 2. The number of imidazole rings is 1. The molecule has 2 N–H and O–H groups in total. The first kappa shape index (κ1) is 24.4. The second-order valence-electron chi connectivity index (χ2n) is 9.81. The van der Waals surface area contributed by atoms with Crippen molar-refractivity contribution in [3.63, 3.8) is 0 Å². The van der Waals surface area contributed by atoms with Crippen LogP contribution in [-0.4, -0.2) is 69.1 Å². The van der Waals surface area contributed by atoms with Gasteiger partial charge in [-0.05, 0) is 61.9 Å². The Labute approximate surface area is 208 Å². The van der Waals surface area contributed by atoms with Crippen molar-refractivity contribution in [1.82, 2.24) is 29.7 Å². The third-order valence-corrected chi connectivity index (χ3v) is 7.62. The molecule has 2 atom stereocenters. The van der Waals surface area contributed by atoms with Crippen LogP contribution in [0.15, 0.2) is 41.3 Å². The van der Waals surface area contributed by atoms with E-state index in [1.165, 1.54) is 0 Å². The number of benzene rings is 1. The van der Waals surface area contributed by atoms with E-state index in [9.17, 15) is 18.4 Å². The largest absolute Gasteiger partial charge is 0.334 e. The Hall–Kier alpha value is -3.27. The van der Waals surface area contributed by atoms with E-state index >= 15 is 0 Å². The van der Waals surface area contributed by atoms with E-state index < -0.39 is 11.6 Å². The third-order valence-electron chi connectivity index (χ3n) is 7.62. The highest BCUT2D eigenvalue weighted by Gasteiger charge is 2.30. The number of pyridine rings is 1. The topological polar surface area (TPSA) is 86.3 Å². The van der Waals surface area contributed by atoms with E-state index in [0.717, 1.165) is 18.1 Å². The summed E-state index contributed by atoms with van der Waals surface area (Å²) >= 11 is 0. The number of likely N-dealkylation sites (tertiary alicyclic amines) is 2. The number of aromatic nitrogens is 3. The summed E-state index contributed by atoms with van der Waals surface area (Å²) in [4.78, 5) is 36.6. The summed E-state index contributed by atoms with van der Waals surface area (Å²) in [5, 5.41) is 3.17. The number of hydrogen-bond donors (Lipinski definition) is 2. The molecule has 1 aromatic carbocycles. The molecule has 4 heterocycles. The predicted octanol–water partition coefficient (Wildman–Crippen LogP) is 3.62. The van der Waals surface area contributed by atoms with Crippen LogP contribution in [0.5, 0.6) is 0 Å². The molecule has 3 aromatic rings. The van der Waals surface area contributed by atoms with Gasteiger partial charge in [0.2, 0.25) is 0 Å². The summed E-state index contributed by atoms with van der Waals surface area (Å²) in [5.74, 6) is -1.71. The molecular formula is C26H32F2N6O2. The number of carbonyl (C=O) groups is 1. The van der Waals surface area contributed by atoms with E-state index in [4.69, 9.17) is 0 Å². The van der Waals surface area contributed by atoms with E-state index in [2.05, 4.69) is 20.2 Å². The van der Waals surface area contributed by atoms with Gasteiger partial charge in [-0.1, -0.05) is 19.1 Å². The minimum Gasteiger partial charge on any atom is -0.334 e. The van der Waals surface area contributed by atoms with Crippen molar-refractivity contribution in [3.05, 3.63) is 64.2 Å². The monoisotopic (exact) mass is 498 g/mol. The van der Waals surface area contributed by atoms with Crippen LogP contribution in [0.3, 0.4) is 0 Å². The van der Waals surface area contributed by atoms with Gasteiger partial charge in [0.05, 0.1) is 5.52 Å². The van der Waals surface area contributed by atoms with Gasteiger partial charge in [0, 0.05) is 44.5 Å². The Morgan fingerprint density at radius 1 is 1.11 bits per heavy atom. The van der Waals surface area contributed by atoms with Gasteiger partial charge in [-0.15, -0.1) is 0 Å². The number of halogens is 2. The van der Waals surface area contributed by atoms with Gasteiger partial charge in [0.15, 0.2) is 17.3 Å². The lowest BCUT2D eigenvalue weighted by atomic mass is 9.93. The first-order valence-electron chi connectivity index (χ1n) is 12.7. The standard InChI is InChI=1S/C26H32F2N6O2/c1-2-32-15-17(20-5-3-6-21(27)23(20)28)8-9-18(16-32)30-25(35)33-13-10-19(11-14-33)34-22-7-4-12-29-24(22)31-26(34)36/h3-7,12,17-19H,2,8-11,13-16H2,1H3,(H,30,35)(H,29,31,36)/t17-,18+/m0/s1. The summed E-state index contributed by atoms with van der Waals surface area (Å²) in [6, 6.07) is 7.88. The second-order valence-corrected chi connectivity index (χ2v) is 9.81. The highest BCUT2D eigenvalue weighted by molar-refractivity contribution is 5.74. The summed E-state index contributed by atoms with van der Waals surface area (Å²) in [7, 11) is 0. The van der Waals surface area contributed by atoms with E-state index in [-0.39, 0.29) is 29.7 Å². The molecule has 0 saturated carbocycles. The van der Waals surface area contributed by atoms with E-state index in [1.54, 1.807) is 27.8 Å². The van der Waals surface area contributed by atoms with Crippen LogP contribution in [0.4, 0.5) is 13.6 Å². The van der Waals surface area contributed by atoms with Crippen LogP contribution in [0.25, 0.3) is 11.2 Å². The quantitative estimate of drug-likeness (QED) is 0.576. The molecule has 0 aliphatic carbocycles. The number of nitrogens with zero attached hydrogens (tertiary/aromatic N) is 4. The molecule has 5 rings (SSSR count). The first-order chi connectivity index (χ1) is 17.4. The van der Waals surface area contributed by atoms with Crippen LogP contribution in [0.2, 0.25) is 0 Å². The van der Waals surface area contributed by atoms with Crippen molar-refractivity contribution in [1.29, 1.82) is 0 Å². The fourth-order valence-electron chi connectivity index (χ4n) is 5.66. The number of aromatic amines is 1.